The second kappa shape index (κ2) is 4.50. The van der Waals surface area contributed by atoms with Crippen molar-refractivity contribution < 1.29 is 4.55 Å². The van der Waals surface area contributed by atoms with Gasteiger partial charge in [0.15, 0.2) is 0 Å². The van der Waals surface area contributed by atoms with Gasteiger partial charge in [-0.2, -0.15) is 5.10 Å². The summed E-state index contributed by atoms with van der Waals surface area (Å²) in [5.74, 6) is 0. The lowest BCUT2D eigenvalue weighted by molar-refractivity contribution is 0.562. The molecule has 0 N–H and O–H groups in total. The summed E-state index contributed by atoms with van der Waals surface area (Å²) >= 11 is -1.21. The van der Waals surface area contributed by atoms with Crippen molar-refractivity contribution >= 4 is 23.1 Å². The Bertz CT molecular complexity index is 542. The van der Waals surface area contributed by atoms with Crippen molar-refractivity contribution in [3.63, 3.8) is 0 Å². The van der Waals surface area contributed by atoms with E-state index in [2.05, 4.69) is 9.50 Å². The summed E-state index contributed by atoms with van der Waals surface area (Å²) in [5.41, 5.74) is 1.92. The van der Waals surface area contributed by atoms with Crippen LogP contribution in [0, 0.1) is 0 Å². The van der Waals surface area contributed by atoms with Gasteiger partial charge in [-0.15, -0.1) is 0 Å². The number of pyridine rings is 1. The highest BCUT2D eigenvalue weighted by Crippen LogP contribution is 2.16. The number of fused-ring (bicyclic) bond motifs is 1. The molecular formula is C12H15N3OS. The monoisotopic (exact) mass is 249 g/mol. The molecule has 0 spiro atoms. The van der Waals surface area contributed by atoms with Gasteiger partial charge in [0.05, 0.1) is 11.7 Å². The maximum Gasteiger partial charge on any atom is 0.144 e. The Balaban J connectivity index is 2.20. The van der Waals surface area contributed by atoms with E-state index in [1.54, 1.807) is 16.9 Å². The molecular weight excluding hydrogens is 234 g/mol. The van der Waals surface area contributed by atoms with Crippen LogP contribution in [0.5, 0.6) is 0 Å². The number of hydrogen-bond donors (Lipinski definition) is 0. The van der Waals surface area contributed by atoms with Gasteiger partial charge in [-0.3, -0.25) is 0 Å². The quantitative estimate of drug-likeness (QED) is 0.605. The van der Waals surface area contributed by atoms with E-state index < -0.39 is 11.4 Å². The smallest absolute Gasteiger partial charge is 0.144 e. The zero-order valence-corrected chi connectivity index (χ0v) is 10.9. The molecule has 2 heterocycles. The lowest BCUT2D eigenvalue weighted by Gasteiger charge is -2.17. The first-order valence-corrected chi connectivity index (χ1v) is 6.47. The highest BCUT2D eigenvalue weighted by molar-refractivity contribution is 7.91. The van der Waals surface area contributed by atoms with Crippen LogP contribution in [0.25, 0.3) is 5.52 Å². The third-order valence-corrected chi connectivity index (χ3v) is 3.59. The molecule has 90 valence electrons. The van der Waals surface area contributed by atoms with Crippen LogP contribution in [0.3, 0.4) is 0 Å². The van der Waals surface area contributed by atoms with Crippen LogP contribution in [-0.2, 0) is 11.4 Å². The van der Waals surface area contributed by atoms with Crippen molar-refractivity contribution in [2.75, 3.05) is 0 Å². The Kier molecular flexibility index (Phi) is 3.22. The fourth-order valence-corrected chi connectivity index (χ4v) is 1.82. The molecule has 0 saturated heterocycles. The molecule has 0 fully saturated rings. The highest BCUT2D eigenvalue weighted by Gasteiger charge is 2.25. The fraction of sp³-hybridized carbons (Fsp3) is 0.333. The Morgan fingerprint density at radius 1 is 1.41 bits per heavy atom. The first-order valence-electron chi connectivity index (χ1n) is 5.36. The summed E-state index contributed by atoms with van der Waals surface area (Å²) in [6.07, 6.45) is 5.24. The molecule has 2 aromatic heterocycles. The van der Waals surface area contributed by atoms with Crippen molar-refractivity contribution in [1.82, 2.24) is 9.61 Å². The fourth-order valence-electron chi connectivity index (χ4n) is 1.29. The van der Waals surface area contributed by atoms with Gasteiger partial charge in [0.1, 0.15) is 16.1 Å². The zero-order valence-electron chi connectivity index (χ0n) is 10.1. The van der Waals surface area contributed by atoms with E-state index in [0.29, 0.717) is 0 Å². The lowest BCUT2D eigenvalue weighted by atomic mass is 10.3. The Morgan fingerprint density at radius 2 is 2.18 bits per heavy atom. The third kappa shape index (κ3) is 2.87. The largest absolute Gasteiger partial charge is 0.591 e. The molecule has 1 atom stereocenters. The molecule has 0 amide bonds. The molecule has 0 radical (unpaired) electrons. The molecule has 0 aromatic carbocycles. The van der Waals surface area contributed by atoms with Gasteiger partial charge in [-0.1, -0.05) is 4.40 Å². The van der Waals surface area contributed by atoms with Crippen LogP contribution in [-0.4, -0.2) is 25.1 Å². The van der Waals surface area contributed by atoms with Crippen LogP contribution < -0.4 is 0 Å². The predicted molar refractivity (Wildman–Crippen MR) is 70.7 cm³/mol. The molecule has 0 aliphatic rings. The minimum absolute atomic E-state index is 0.322. The summed E-state index contributed by atoms with van der Waals surface area (Å²) in [4.78, 5) is 0. The van der Waals surface area contributed by atoms with E-state index in [9.17, 15) is 4.55 Å². The SMILES string of the molecule is CC(C)(C)[S+]([O-])N=Cc1ccn2nccc2c1. The molecule has 17 heavy (non-hydrogen) atoms. The van der Waals surface area contributed by atoms with Crippen LogP contribution >= 0.6 is 0 Å². The maximum atomic E-state index is 11.7. The molecule has 5 heteroatoms. The Labute approximate surface area is 104 Å². The van der Waals surface area contributed by atoms with Crippen LogP contribution in [0.15, 0.2) is 35.0 Å². The van der Waals surface area contributed by atoms with Crippen molar-refractivity contribution in [2.24, 2.45) is 4.40 Å². The van der Waals surface area contributed by atoms with Gasteiger partial charge in [-0.25, -0.2) is 4.52 Å². The Morgan fingerprint density at radius 3 is 2.88 bits per heavy atom. The number of hydrogen-bond acceptors (Lipinski definition) is 3. The topological polar surface area (TPSA) is 52.7 Å². The molecule has 0 aliphatic carbocycles. The highest BCUT2D eigenvalue weighted by atomic mass is 32.2. The van der Waals surface area contributed by atoms with E-state index in [1.165, 1.54) is 0 Å². The van der Waals surface area contributed by atoms with E-state index in [4.69, 9.17) is 0 Å². The van der Waals surface area contributed by atoms with Crippen LogP contribution in [0.2, 0.25) is 0 Å². The molecule has 4 nitrogen and oxygen atoms in total. The lowest BCUT2D eigenvalue weighted by Crippen LogP contribution is -2.25. The molecule has 1 unspecified atom stereocenters. The minimum atomic E-state index is -1.21. The molecule has 0 aliphatic heterocycles. The van der Waals surface area contributed by atoms with Crippen molar-refractivity contribution in [3.8, 4) is 0 Å². The third-order valence-electron chi connectivity index (χ3n) is 2.25. The van der Waals surface area contributed by atoms with Crippen molar-refractivity contribution in [3.05, 3.63) is 36.2 Å². The molecule has 0 bridgehead atoms. The minimum Gasteiger partial charge on any atom is -0.591 e. The summed E-state index contributed by atoms with van der Waals surface area (Å²) in [6.45, 7) is 5.71. The summed E-state index contributed by atoms with van der Waals surface area (Å²) in [7, 11) is 0. The summed E-state index contributed by atoms with van der Waals surface area (Å²) < 4.78 is 17.3. The van der Waals surface area contributed by atoms with Gasteiger partial charge in [0.2, 0.25) is 0 Å². The van der Waals surface area contributed by atoms with E-state index in [1.807, 2.05) is 45.2 Å². The first kappa shape index (κ1) is 12.1. The zero-order chi connectivity index (χ0) is 12.5. The Hall–Kier alpha value is -1.33. The standard InChI is InChI=1S/C12H15N3OS/c1-12(2,3)17(16)14-9-10-5-7-15-11(8-10)4-6-13-15/h4-9H,1-3H3. The van der Waals surface area contributed by atoms with Gasteiger partial charge < -0.3 is 4.55 Å². The van der Waals surface area contributed by atoms with E-state index in [0.717, 1.165) is 11.1 Å². The van der Waals surface area contributed by atoms with Crippen molar-refractivity contribution in [2.45, 2.75) is 25.5 Å². The van der Waals surface area contributed by atoms with Crippen LogP contribution in [0.4, 0.5) is 0 Å². The first-order chi connectivity index (χ1) is 7.97. The molecule has 2 aromatic rings. The molecule has 0 saturated carbocycles. The summed E-state index contributed by atoms with van der Waals surface area (Å²) in [6, 6.07) is 5.76. The van der Waals surface area contributed by atoms with Gasteiger partial charge in [-0.05, 0) is 39.0 Å². The van der Waals surface area contributed by atoms with E-state index in [-0.39, 0.29) is 4.75 Å². The number of rotatable bonds is 2. The van der Waals surface area contributed by atoms with Gasteiger partial charge in [0, 0.05) is 18.0 Å². The predicted octanol–water partition coefficient (Wildman–Crippen LogP) is 2.22. The average molecular weight is 249 g/mol. The van der Waals surface area contributed by atoms with Gasteiger partial charge in [0.25, 0.3) is 0 Å². The number of aromatic nitrogens is 2. The second-order valence-electron chi connectivity index (χ2n) is 4.76. The maximum absolute atomic E-state index is 11.7. The van der Waals surface area contributed by atoms with Crippen LogP contribution in [0.1, 0.15) is 26.3 Å². The molecule has 2 rings (SSSR count). The normalized spacial score (nSPS) is 14.6. The van der Waals surface area contributed by atoms with E-state index >= 15 is 0 Å². The second-order valence-corrected chi connectivity index (χ2v) is 6.69. The number of nitrogens with zero attached hydrogens (tertiary/aromatic N) is 3. The summed E-state index contributed by atoms with van der Waals surface area (Å²) in [5, 5.41) is 4.11. The average Bonchev–Trinajstić information content (AvgIpc) is 2.71. The van der Waals surface area contributed by atoms with Crippen molar-refractivity contribution in [1.29, 1.82) is 0 Å². The van der Waals surface area contributed by atoms with Gasteiger partial charge >= 0.3 is 0 Å².